The molecule has 1 aromatic rings. The number of fused-ring (bicyclic) bond motifs is 1. The third-order valence-corrected chi connectivity index (χ3v) is 7.92. The van der Waals surface area contributed by atoms with Crippen LogP contribution in [0.1, 0.15) is 45.6 Å². The van der Waals surface area contributed by atoms with E-state index in [1.165, 1.54) is 48.0 Å². The third-order valence-electron chi connectivity index (χ3n) is 7.92. The first-order valence-electron chi connectivity index (χ1n) is 13.4. The topological polar surface area (TPSA) is 122 Å². The molecule has 0 aliphatic carbocycles. The summed E-state index contributed by atoms with van der Waals surface area (Å²) in [5.41, 5.74) is -1.45. The number of rotatable bonds is 8. The number of carbonyl (C=O) groups is 4. The molecule has 10 nitrogen and oxygen atoms in total. The van der Waals surface area contributed by atoms with Crippen LogP contribution in [0, 0.1) is 11.2 Å². The average molecular weight is 588 g/mol. The molecule has 1 aromatic carbocycles. The minimum atomic E-state index is -4.51. The maximum absolute atomic E-state index is 13.9. The van der Waals surface area contributed by atoms with Crippen molar-refractivity contribution in [2.24, 2.45) is 5.41 Å². The van der Waals surface area contributed by atoms with E-state index in [0.717, 1.165) is 18.7 Å². The second-order valence-corrected chi connectivity index (χ2v) is 11.4. The van der Waals surface area contributed by atoms with Gasteiger partial charge in [-0.05, 0) is 57.7 Å². The average Bonchev–Trinajstić information content (AvgIpc) is 3.31. The van der Waals surface area contributed by atoms with Crippen molar-refractivity contribution in [1.82, 2.24) is 25.3 Å². The Morgan fingerprint density at radius 2 is 1.76 bits per heavy atom. The van der Waals surface area contributed by atoms with Crippen molar-refractivity contribution in [3.8, 4) is 0 Å². The largest absolute Gasteiger partial charge is 0.465 e. The fraction of sp³-hybridized carbons (Fsp3) is 0.630. The van der Waals surface area contributed by atoms with Crippen LogP contribution in [0.15, 0.2) is 24.3 Å². The molecule has 0 aromatic heterocycles. The van der Waals surface area contributed by atoms with E-state index in [0.29, 0.717) is 24.8 Å². The van der Waals surface area contributed by atoms with Gasteiger partial charge in [-0.3, -0.25) is 24.2 Å². The number of nitrogens with one attached hydrogen (secondary N) is 2. The van der Waals surface area contributed by atoms with Crippen molar-refractivity contribution in [1.29, 1.82) is 0 Å². The number of halogens is 4. The van der Waals surface area contributed by atoms with E-state index < -0.39 is 71.9 Å². The second-order valence-electron chi connectivity index (χ2n) is 11.4. The Balaban J connectivity index is 1.83. The summed E-state index contributed by atoms with van der Waals surface area (Å²) in [5.74, 6) is -2.28. The van der Waals surface area contributed by atoms with Crippen molar-refractivity contribution in [2.75, 3.05) is 26.7 Å². The minimum absolute atomic E-state index is 0.0990. The summed E-state index contributed by atoms with van der Waals surface area (Å²) in [6.45, 7) is 3.07. The van der Waals surface area contributed by atoms with E-state index >= 15 is 0 Å². The molecule has 2 saturated heterocycles. The lowest BCUT2D eigenvalue weighted by atomic mass is 9.91. The predicted molar refractivity (Wildman–Crippen MR) is 140 cm³/mol. The van der Waals surface area contributed by atoms with Crippen LogP contribution in [0.25, 0.3) is 0 Å². The zero-order valence-electron chi connectivity index (χ0n) is 23.5. The molecule has 228 valence electrons. The number of hydrogen-bond donors (Lipinski definition) is 3. The van der Waals surface area contributed by atoms with Crippen LogP contribution in [0.2, 0.25) is 0 Å². The number of hydrogen-bond acceptors (Lipinski definition) is 5. The van der Waals surface area contributed by atoms with Crippen LogP contribution < -0.4 is 10.6 Å². The molecule has 3 N–H and O–H groups in total. The molecule has 0 bridgehead atoms. The van der Waals surface area contributed by atoms with Crippen LogP contribution in [-0.4, -0.2) is 101 Å². The van der Waals surface area contributed by atoms with Gasteiger partial charge in [0.1, 0.15) is 23.9 Å². The number of carbonyl (C=O) groups excluding carboxylic acids is 3. The highest BCUT2D eigenvalue weighted by atomic mass is 19.4. The quantitative estimate of drug-likeness (QED) is 0.402. The van der Waals surface area contributed by atoms with Gasteiger partial charge in [0.2, 0.25) is 17.7 Å². The van der Waals surface area contributed by atoms with E-state index in [1.807, 2.05) is 0 Å². The Labute approximate surface area is 236 Å². The van der Waals surface area contributed by atoms with Gasteiger partial charge in [0, 0.05) is 39.3 Å². The molecule has 14 heteroatoms. The molecule has 41 heavy (non-hydrogen) atoms. The molecule has 2 fully saturated rings. The third kappa shape index (κ3) is 7.66. The van der Waals surface area contributed by atoms with Crippen molar-refractivity contribution in [2.45, 2.75) is 76.9 Å². The predicted octanol–water partition coefficient (Wildman–Crippen LogP) is 2.58. The van der Waals surface area contributed by atoms with Gasteiger partial charge in [-0.15, -0.1) is 0 Å². The molecule has 4 amide bonds. The summed E-state index contributed by atoms with van der Waals surface area (Å²) in [7, 11) is 1.18. The van der Waals surface area contributed by atoms with Gasteiger partial charge in [-0.25, -0.2) is 9.18 Å². The summed E-state index contributed by atoms with van der Waals surface area (Å²) in [4.78, 5) is 55.0. The number of alkyl halides is 3. The standard InChI is InChI=1S/C27H37F4N5O5/c1-16(34(4)25(40)41)22(37)33-20-14-35(15-26(2,3)27(29,30)31)12-11-19-9-10-21(36(19)24(20)39)23(38)32-13-17-5-7-18(28)8-6-17/h5-8,16,19-21H,9-15H2,1-4H3,(H,32,38)(H,33,37)(H,40,41)/t16-,19+,20-,21-/m0/s1. The highest BCUT2D eigenvalue weighted by molar-refractivity contribution is 5.94. The molecule has 0 radical (unpaired) electrons. The van der Waals surface area contributed by atoms with E-state index in [2.05, 4.69) is 10.6 Å². The van der Waals surface area contributed by atoms with Crippen molar-refractivity contribution in [3.05, 3.63) is 35.6 Å². The van der Waals surface area contributed by atoms with Gasteiger partial charge in [0.05, 0.1) is 5.41 Å². The van der Waals surface area contributed by atoms with Crippen LogP contribution in [-0.2, 0) is 20.9 Å². The molecular formula is C27H37F4N5O5. The smallest absolute Gasteiger partial charge is 0.407 e. The van der Waals surface area contributed by atoms with Crippen LogP contribution >= 0.6 is 0 Å². The SMILES string of the molecule is C[C@@H](C(=O)N[C@H]1CN(CC(C)(C)C(F)(F)F)CC[C@H]2CC[C@@H](C(=O)NCc3ccc(F)cc3)N2C1=O)N(C)C(=O)O. The normalized spacial score (nSPS) is 22.8. The number of nitrogens with zero attached hydrogens (tertiary/aromatic N) is 3. The van der Waals surface area contributed by atoms with Gasteiger partial charge >= 0.3 is 12.3 Å². The Bertz CT molecular complexity index is 1130. The fourth-order valence-corrected chi connectivity index (χ4v) is 5.14. The second kappa shape index (κ2) is 12.6. The highest BCUT2D eigenvalue weighted by Crippen LogP contribution is 2.39. The zero-order valence-corrected chi connectivity index (χ0v) is 23.5. The summed E-state index contributed by atoms with van der Waals surface area (Å²) >= 11 is 0. The summed E-state index contributed by atoms with van der Waals surface area (Å²) in [6, 6.07) is 1.75. The number of likely N-dealkylation sites (N-methyl/N-ethyl adjacent to an activating group) is 1. The Morgan fingerprint density at radius 3 is 2.34 bits per heavy atom. The lowest BCUT2D eigenvalue weighted by molar-refractivity contribution is -0.217. The van der Waals surface area contributed by atoms with E-state index in [9.17, 15) is 41.8 Å². The molecule has 4 atom stereocenters. The van der Waals surface area contributed by atoms with Crippen LogP contribution in [0.3, 0.4) is 0 Å². The number of benzene rings is 1. The fourth-order valence-electron chi connectivity index (χ4n) is 5.14. The molecular weight excluding hydrogens is 550 g/mol. The van der Waals surface area contributed by atoms with Gasteiger partial charge in [-0.1, -0.05) is 12.1 Å². The van der Waals surface area contributed by atoms with Gasteiger partial charge in [0.15, 0.2) is 0 Å². The lowest BCUT2D eigenvalue weighted by Crippen LogP contribution is -2.62. The van der Waals surface area contributed by atoms with Gasteiger partial charge in [-0.2, -0.15) is 13.2 Å². The van der Waals surface area contributed by atoms with Crippen molar-refractivity contribution in [3.63, 3.8) is 0 Å². The van der Waals surface area contributed by atoms with Crippen molar-refractivity contribution >= 4 is 23.8 Å². The molecule has 3 rings (SSSR count). The molecule has 2 aliphatic rings. The summed E-state index contributed by atoms with van der Waals surface area (Å²) in [5, 5.41) is 14.5. The van der Waals surface area contributed by atoms with Gasteiger partial charge < -0.3 is 20.6 Å². The molecule has 0 saturated carbocycles. The minimum Gasteiger partial charge on any atom is -0.465 e. The summed E-state index contributed by atoms with van der Waals surface area (Å²) in [6.07, 6.45) is -4.79. The zero-order chi connectivity index (χ0) is 30.7. The van der Waals surface area contributed by atoms with Gasteiger partial charge in [0.25, 0.3) is 0 Å². The first kappa shape index (κ1) is 32.1. The maximum Gasteiger partial charge on any atom is 0.407 e. The van der Waals surface area contributed by atoms with E-state index in [1.54, 1.807) is 0 Å². The van der Waals surface area contributed by atoms with Crippen LogP contribution in [0.4, 0.5) is 22.4 Å². The summed E-state index contributed by atoms with van der Waals surface area (Å²) < 4.78 is 54.3. The molecule has 0 unspecified atom stereocenters. The maximum atomic E-state index is 13.9. The number of amides is 4. The Kier molecular flexibility index (Phi) is 9.88. The van der Waals surface area contributed by atoms with Crippen LogP contribution in [0.5, 0.6) is 0 Å². The number of carboxylic acid groups (broad SMARTS) is 1. The highest BCUT2D eigenvalue weighted by Gasteiger charge is 2.50. The molecule has 2 heterocycles. The Morgan fingerprint density at radius 1 is 1.12 bits per heavy atom. The molecule has 2 aliphatic heterocycles. The van der Waals surface area contributed by atoms with E-state index in [4.69, 9.17) is 0 Å². The first-order valence-corrected chi connectivity index (χ1v) is 13.4. The monoisotopic (exact) mass is 587 g/mol. The lowest BCUT2D eigenvalue weighted by Gasteiger charge is -2.41. The van der Waals surface area contributed by atoms with E-state index in [-0.39, 0.29) is 19.6 Å². The molecule has 0 spiro atoms. The Hall–Kier alpha value is -3.42. The van der Waals surface area contributed by atoms with Crippen molar-refractivity contribution < 1.29 is 41.8 Å². The first-order chi connectivity index (χ1) is 19.0.